The minimum atomic E-state index is -0.112. The summed E-state index contributed by atoms with van der Waals surface area (Å²) >= 11 is 5.73. The zero-order valence-corrected chi connectivity index (χ0v) is 8.86. The van der Waals surface area contributed by atoms with E-state index in [1.54, 1.807) is 12.1 Å². The molecule has 0 heterocycles. The molecule has 1 atom stereocenters. The van der Waals surface area contributed by atoms with Crippen molar-refractivity contribution in [2.45, 2.75) is 25.7 Å². The Morgan fingerprint density at radius 3 is 3.00 bits per heavy atom. The van der Waals surface area contributed by atoms with Crippen LogP contribution in [-0.4, -0.2) is 5.88 Å². The zero-order chi connectivity index (χ0) is 9.97. The molecule has 0 nitrogen and oxygen atoms in total. The van der Waals surface area contributed by atoms with Gasteiger partial charge in [0.2, 0.25) is 0 Å². The van der Waals surface area contributed by atoms with Gasteiger partial charge in [-0.1, -0.05) is 6.07 Å². The predicted octanol–water partition coefficient (Wildman–Crippen LogP) is 3.56. The van der Waals surface area contributed by atoms with Crippen LogP contribution in [0.3, 0.4) is 0 Å². The van der Waals surface area contributed by atoms with Crippen molar-refractivity contribution in [3.05, 3.63) is 35.1 Å². The lowest BCUT2D eigenvalue weighted by atomic mass is 9.82. The molecular weight excluding hydrogens is 199 g/mol. The predicted molar refractivity (Wildman–Crippen MR) is 57.3 cm³/mol. The number of aryl methyl sites for hydroxylation is 1. The highest BCUT2D eigenvalue weighted by molar-refractivity contribution is 6.17. The van der Waals surface area contributed by atoms with Gasteiger partial charge >= 0.3 is 0 Å². The Labute approximate surface area is 89.1 Å². The van der Waals surface area contributed by atoms with E-state index in [1.807, 2.05) is 6.07 Å². The summed E-state index contributed by atoms with van der Waals surface area (Å²) in [5.74, 6) is 1.33. The fourth-order valence-electron chi connectivity index (χ4n) is 2.20. The van der Waals surface area contributed by atoms with Gasteiger partial charge in [0.05, 0.1) is 0 Å². The number of benzene rings is 1. The average Bonchev–Trinajstić information content (AvgIpc) is 2.19. The van der Waals surface area contributed by atoms with E-state index in [9.17, 15) is 4.39 Å². The van der Waals surface area contributed by atoms with Gasteiger partial charge in [0.1, 0.15) is 5.82 Å². The molecule has 0 fully saturated rings. The second-order valence-corrected chi connectivity index (χ2v) is 4.38. The highest BCUT2D eigenvalue weighted by Gasteiger charge is 2.18. The normalized spacial score (nSPS) is 20.6. The number of hydrogen-bond acceptors (Lipinski definition) is 0. The third-order valence-electron chi connectivity index (χ3n) is 3.02. The molecule has 0 aromatic heterocycles. The van der Waals surface area contributed by atoms with E-state index >= 15 is 0 Å². The van der Waals surface area contributed by atoms with E-state index in [2.05, 4.69) is 0 Å². The zero-order valence-electron chi connectivity index (χ0n) is 8.10. The van der Waals surface area contributed by atoms with Crippen molar-refractivity contribution < 1.29 is 4.39 Å². The highest BCUT2D eigenvalue weighted by atomic mass is 35.5. The molecule has 0 radical (unpaired) electrons. The molecule has 0 unspecified atom stereocenters. The number of alkyl halides is 1. The van der Waals surface area contributed by atoms with Crippen molar-refractivity contribution in [1.82, 2.24) is 0 Å². The molecule has 1 aliphatic carbocycles. The number of hydrogen-bond donors (Lipinski definition) is 0. The van der Waals surface area contributed by atoms with Crippen LogP contribution in [0.2, 0.25) is 0 Å². The Bertz CT molecular complexity index is 322. The molecule has 0 N–H and O–H groups in total. The summed E-state index contributed by atoms with van der Waals surface area (Å²) in [5, 5.41) is 0. The lowest BCUT2D eigenvalue weighted by Crippen LogP contribution is -2.14. The summed E-state index contributed by atoms with van der Waals surface area (Å²) in [6.45, 7) is 0. The third-order valence-corrected chi connectivity index (χ3v) is 3.23. The molecule has 1 aliphatic rings. The standard InChI is InChI=1S/C12H14ClF/c13-6-5-9-1-2-11-8-12(14)4-3-10(11)7-9/h3-4,8-9H,1-2,5-7H2/t9-/m0/s1. The summed E-state index contributed by atoms with van der Waals surface area (Å²) in [5.41, 5.74) is 2.50. The number of rotatable bonds is 2. The lowest BCUT2D eigenvalue weighted by molar-refractivity contribution is 0.445. The van der Waals surface area contributed by atoms with Crippen molar-refractivity contribution >= 4 is 11.6 Å². The van der Waals surface area contributed by atoms with E-state index in [1.165, 1.54) is 11.1 Å². The van der Waals surface area contributed by atoms with E-state index in [-0.39, 0.29) is 5.82 Å². The molecule has 2 rings (SSSR count). The van der Waals surface area contributed by atoms with E-state index < -0.39 is 0 Å². The quantitative estimate of drug-likeness (QED) is 0.658. The first-order valence-electron chi connectivity index (χ1n) is 5.13. The van der Waals surface area contributed by atoms with Crippen LogP contribution < -0.4 is 0 Å². The maximum absolute atomic E-state index is 12.9. The molecule has 0 bridgehead atoms. The number of fused-ring (bicyclic) bond motifs is 1. The lowest BCUT2D eigenvalue weighted by Gasteiger charge is -2.23. The van der Waals surface area contributed by atoms with E-state index in [4.69, 9.17) is 11.6 Å². The Kier molecular flexibility index (Phi) is 3.07. The molecule has 0 saturated carbocycles. The molecule has 1 aromatic carbocycles. The highest BCUT2D eigenvalue weighted by Crippen LogP contribution is 2.28. The van der Waals surface area contributed by atoms with Crippen LogP contribution >= 0.6 is 11.6 Å². The minimum absolute atomic E-state index is 0.112. The summed E-state index contributed by atoms with van der Waals surface area (Å²) in [7, 11) is 0. The molecule has 0 amide bonds. The van der Waals surface area contributed by atoms with Crippen LogP contribution in [0.4, 0.5) is 4.39 Å². The van der Waals surface area contributed by atoms with Gasteiger partial charge in [0.25, 0.3) is 0 Å². The van der Waals surface area contributed by atoms with Gasteiger partial charge in [-0.15, -0.1) is 11.6 Å². The van der Waals surface area contributed by atoms with Gasteiger partial charge in [-0.05, 0) is 54.9 Å². The van der Waals surface area contributed by atoms with Crippen LogP contribution in [0.15, 0.2) is 18.2 Å². The molecule has 14 heavy (non-hydrogen) atoms. The average molecular weight is 213 g/mol. The van der Waals surface area contributed by atoms with Crippen molar-refractivity contribution in [3.8, 4) is 0 Å². The van der Waals surface area contributed by atoms with Gasteiger partial charge in [-0.2, -0.15) is 0 Å². The second-order valence-electron chi connectivity index (χ2n) is 4.00. The number of halogens is 2. The Morgan fingerprint density at radius 1 is 1.36 bits per heavy atom. The minimum Gasteiger partial charge on any atom is -0.207 e. The van der Waals surface area contributed by atoms with Gasteiger partial charge in [-0.25, -0.2) is 4.39 Å². The third kappa shape index (κ3) is 2.09. The van der Waals surface area contributed by atoms with E-state index in [0.29, 0.717) is 5.92 Å². The van der Waals surface area contributed by atoms with Crippen LogP contribution in [-0.2, 0) is 12.8 Å². The molecule has 76 valence electrons. The fraction of sp³-hybridized carbons (Fsp3) is 0.500. The van der Waals surface area contributed by atoms with Crippen molar-refractivity contribution in [1.29, 1.82) is 0 Å². The van der Waals surface area contributed by atoms with Gasteiger partial charge < -0.3 is 0 Å². The maximum atomic E-state index is 12.9. The van der Waals surface area contributed by atoms with Gasteiger partial charge in [0, 0.05) is 5.88 Å². The molecule has 0 aliphatic heterocycles. The van der Waals surface area contributed by atoms with Crippen LogP contribution in [0.5, 0.6) is 0 Å². The summed E-state index contributed by atoms with van der Waals surface area (Å²) < 4.78 is 12.9. The van der Waals surface area contributed by atoms with Crippen molar-refractivity contribution in [2.75, 3.05) is 5.88 Å². The van der Waals surface area contributed by atoms with Crippen LogP contribution in [0, 0.1) is 11.7 Å². The first-order chi connectivity index (χ1) is 6.79. The van der Waals surface area contributed by atoms with E-state index in [0.717, 1.165) is 31.6 Å². The monoisotopic (exact) mass is 212 g/mol. The Morgan fingerprint density at radius 2 is 2.21 bits per heavy atom. The Hall–Kier alpha value is -0.560. The van der Waals surface area contributed by atoms with Crippen LogP contribution in [0.25, 0.3) is 0 Å². The first kappa shape index (κ1) is 9.97. The summed E-state index contributed by atoms with van der Waals surface area (Å²) in [6.07, 6.45) is 4.32. The topological polar surface area (TPSA) is 0 Å². The maximum Gasteiger partial charge on any atom is 0.123 e. The fourth-order valence-corrected chi connectivity index (χ4v) is 2.51. The Balaban J connectivity index is 2.15. The van der Waals surface area contributed by atoms with Gasteiger partial charge in [0.15, 0.2) is 0 Å². The second kappa shape index (κ2) is 4.31. The van der Waals surface area contributed by atoms with Crippen molar-refractivity contribution in [2.24, 2.45) is 5.92 Å². The van der Waals surface area contributed by atoms with Gasteiger partial charge in [-0.3, -0.25) is 0 Å². The van der Waals surface area contributed by atoms with Crippen molar-refractivity contribution in [3.63, 3.8) is 0 Å². The SMILES string of the molecule is Fc1ccc2c(c1)CC[C@@H](CCCl)C2. The molecule has 2 heteroatoms. The smallest absolute Gasteiger partial charge is 0.123 e. The molecule has 0 saturated heterocycles. The largest absolute Gasteiger partial charge is 0.207 e. The molecule has 1 aromatic rings. The molecule has 0 spiro atoms. The first-order valence-corrected chi connectivity index (χ1v) is 5.66. The summed E-state index contributed by atoms with van der Waals surface area (Å²) in [4.78, 5) is 0. The molecular formula is C12H14ClF. The van der Waals surface area contributed by atoms with Crippen LogP contribution in [0.1, 0.15) is 24.0 Å². The summed E-state index contributed by atoms with van der Waals surface area (Å²) in [6, 6.07) is 5.15.